The lowest BCUT2D eigenvalue weighted by Crippen LogP contribution is -1.99. The molecule has 0 radical (unpaired) electrons. The van der Waals surface area contributed by atoms with Gasteiger partial charge in [0.25, 0.3) is 0 Å². The van der Waals surface area contributed by atoms with Gasteiger partial charge in [0.15, 0.2) is 0 Å². The van der Waals surface area contributed by atoms with Gasteiger partial charge >= 0.3 is 0 Å². The molecule has 0 spiro atoms. The van der Waals surface area contributed by atoms with E-state index in [1.807, 2.05) is 19.1 Å². The predicted octanol–water partition coefficient (Wildman–Crippen LogP) is 3.42. The molecule has 17 heavy (non-hydrogen) atoms. The summed E-state index contributed by atoms with van der Waals surface area (Å²) in [5.41, 5.74) is 6.59. The molecule has 0 atom stereocenters. The Kier molecular flexibility index (Phi) is 4.02. The number of nitrogens with zero attached hydrogens (tertiary/aromatic N) is 2. The molecule has 2 N–H and O–H groups in total. The van der Waals surface area contributed by atoms with E-state index >= 15 is 0 Å². The van der Waals surface area contributed by atoms with Crippen LogP contribution in [0.15, 0.2) is 39.7 Å². The number of aromatic nitrogens is 2. The summed E-state index contributed by atoms with van der Waals surface area (Å²) < 4.78 is 1.08. The fourth-order valence-electron chi connectivity index (χ4n) is 1.43. The lowest BCUT2D eigenvalue weighted by molar-refractivity contribution is 1.00. The van der Waals surface area contributed by atoms with Gasteiger partial charge in [0.1, 0.15) is 11.6 Å². The highest BCUT2D eigenvalue weighted by atomic mass is 79.9. The number of nitrogen functional groups attached to an aromatic ring is 1. The highest BCUT2D eigenvalue weighted by Gasteiger charge is 2.02. The number of benzene rings is 1. The van der Waals surface area contributed by atoms with Crippen LogP contribution >= 0.6 is 27.7 Å². The molecule has 88 valence electrons. The molecular weight excluding hydrogens is 298 g/mol. The van der Waals surface area contributed by atoms with Gasteiger partial charge in [-0.15, -0.1) is 11.8 Å². The SMILES string of the molecule is Cc1cc(N)nc(CSc2cccc(Br)c2)n1. The van der Waals surface area contributed by atoms with Crippen LogP contribution in [0.3, 0.4) is 0 Å². The summed E-state index contributed by atoms with van der Waals surface area (Å²) in [5, 5.41) is 0. The van der Waals surface area contributed by atoms with Crippen LogP contribution in [0, 0.1) is 6.92 Å². The normalized spacial score (nSPS) is 10.5. The van der Waals surface area contributed by atoms with Crippen molar-refractivity contribution < 1.29 is 0 Å². The third-order valence-electron chi connectivity index (χ3n) is 2.08. The highest BCUT2D eigenvalue weighted by Crippen LogP contribution is 2.24. The first kappa shape index (κ1) is 12.4. The summed E-state index contributed by atoms with van der Waals surface area (Å²) >= 11 is 5.14. The Balaban J connectivity index is 2.07. The van der Waals surface area contributed by atoms with Crippen molar-refractivity contribution in [2.45, 2.75) is 17.6 Å². The standard InChI is InChI=1S/C12H12BrN3S/c1-8-5-11(14)16-12(15-8)7-17-10-4-2-3-9(13)6-10/h2-6H,7H2,1H3,(H2,14,15,16). The lowest BCUT2D eigenvalue weighted by Gasteiger charge is -2.03. The Morgan fingerprint density at radius 1 is 1.29 bits per heavy atom. The van der Waals surface area contributed by atoms with E-state index in [1.54, 1.807) is 17.8 Å². The van der Waals surface area contributed by atoms with Crippen LogP contribution in [0.4, 0.5) is 5.82 Å². The molecule has 0 aliphatic rings. The van der Waals surface area contributed by atoms with Crippen LogP contribution in [-0.2, 0) is 5.75 Å². The minimum Gasteiger partial charge on any atom is -0.384 e. The molecule has 2 rings (SSSR count). The predicted molar refractivity (Wildman–Crippen MR) is 74.9 cm³/mol. The Labute approximate surface area is 113 Å². The van der Waals surface area contributed by atoms with Gasteiger partial charge < -0.3 is 5.73 Å². The third kappa shape index (κ3) is 3.71. The van der Waals surface area contributed by atoms with E-state index in [0.29, 0.717) is 5.82 Å². The molecule has 0 bridgehead atoms. The molecule has 3 nitrogen and oxygen atoms in total. The minimum atomic E-state index is 0.530. The second-order valence-electron chi connectivity index (χ2n) is 3.60. The van der Waals surface area contributed by atoms with E-state index in [0.717, 1.165) is 21.7 Å². The number of halogens is 1. The molecule has 0 aliphatic heterocycles. The van der Waals surface area contributed by atoms with Crippen molar-refractivity contribution in [3.63, 3.8) is 0 Å². The van der Waals surface area contributed by atoms with Crippen molar-refractivity contribution in [1.29, 1.82) is 0 Å². The van der Waals surface area contributed by atoms with E-state index in [2.05, 4.69) is 38.0 Å². The second-order valence-corrected chi connectivity index (χ2v) is 5.56. The van der Waals surface area contributed by atoms with Crippen LogP contribution in [0.25, 0.3) is 0 Å². The molecule has 0 saturated heterocycles. The Morgan fingerprint density at radius 2 is 2.12 bits per heavy atom. The van der Waals surface area contributed by atoms with Gasteiger partial charge in [-0.3, -0.25) is 0 Å². The van der Waals surface area contributed by atoms with Crippen molar-refractivity contribution >= 4 is 33.5 Å². The zero-order valence-corrected chi connectivity index (χ0v) is 11.8. The highest BCUT2D eigenvalue weighted by molar-refractivity contribution is 9.10. The topological polar surface area (TPSA) is 51.8 Å². The number of hydrogen-bond donors (Lipinski definition) is 1. The molecule has 2 aromatic rings. The van der Waals surface area contributed by atoms with Crippen LogP contribution in [0.2, 0.25) is 0 Å². The van der Waals surface area contributed by atoms with Gasteiger partial charge in [0.05, 0.1) is 5.75 Å². The quantitative estimate of drug-likeness (QED) is 0.883. The van der Waals surface area contributed by atoms with Gasteiger partial charge in [-0.05, 0) is 25.1 Å². The van der Waals surface area contributed by atoms with Crippen molar-refractivity contribution in [3.8, 4) is 0 Å². The van der Waals surface area contributed by atoms with Gasteiger partial charge in [0.2, 0.25) is 0 Å². The molecule has 0 unspecified atom stereocenters. The average Bonchev–Trinajstić information content (AvgIpc) is 2.25. The Bertz CT molecular complexity index is 511. The lowest BCUT2D eigenvalue weighted by atomic mass is 10.4. The van der Waals surface area contributed by atoms with E-state index in [9.17, 15) is 0 Å². The number of anilines is 1. The number of hydrogen-bond acceptors (Lipinski definition) is 4. The number of nitrogens with two attached hydrogens (primary N) is 1. The van der Waals surface area contributed by atoms with Gasteiger partial charge in [-0.2, -0.15) is 0 Å². The van der Waals surface area contributed by atoms with E-state index in [-0.39, 0.29) is 0 Å². The third-order valence-corrected chi connectivity index (χ3v) is 3.57. The maximum Gasteiger partial charge on any atom is 0.141 e. The zero-order chi connectivity index (χ0) is 12.3. The molecule has 5 heteroatoms. The zero-order valence-electron chi connectivity index (χ0n) is 9.35. The van der Waals surface area contributed by atoms with Crippen LogP contribution in [-0.4, -0.2) is 9.97 Å². The summed E-state index contributed by atoms with van der Waals surface area (Å²) in [6.07, 6.45) is 0. The average molecular weight is 310 g/mol. The van der Waals surface area contributed by atoms with Crippen LogP contribution in [0.5, 0.6) is 0 Å². The number of aryl methyl sites for hydroxylation is 1. The van der Waals surface area contributed by atoms with Crippen molar-refractivity contribution in [2.75, 3.05) is 5.73 Å². The van der Waals surface area contributed by atoms with Gasteiger partial charge in [-0.25, -0.2) is 9.97 Å². The van der Waals surface area contributed by atoms with Crippen LogP contribution in [0.1, 0.15) is 11.5 Å². The fourth-order valence-corrected chi connectivity index (χ4v) is 2.79. The van der Waals surface area contributed by atoms with E-state index in [1.165, 1.54) is 4.90 Å². The summed E-state index contributed by atoms with van der Waals surface area (Å²) in [6, 6.07) is 9.93. The minimum absolute atomic E-state index is 0.530. The first-order valence-corrected chi connectivity index (χ1v) is 6.90. The first-order chi connectivity index (χ1) is 8.13. The summed E-state index contributed by atoms with van der Waals surface area (Å²) in [5.74, 6) is 2.03. The molecule has 0 amide bonds. The van der Waals surface area contributed by atoms with Crippen molar-refractivity contribution in [3.05, 3.63) is 46.3 Å². The monoisotopic (exact) mass is 309 g/mol. The molecule has 1 aromatic carbocycles. The maximum absolute atomic E-state index is 5.68. The molecule has 0 fully saturated rings. The second kappa shape index (κ2) is 5.51. The summed E-state index contributed by atoms with van der Waals surface area (Å²) in [7, 11) is 0. The van der Waals surface area contributed by atoms with E-state index in [4.69, 9.17) is 5.73 Å². The van der Waals surface area contributed by atoms with Crippen LogP contribution < -0.4 is 5.73 Å². The summed E-state index contributed by atoms with van der Waals surface area (Å²) in [6.45, 7) is 1.92. The Morgan fingerprint density at radius 3 is 2.82 bits per heavy atom. The molecular formula is C12H12BrN3S. The van der Waals surface area contributed by atoms with Crippen molar-refractivity contribution in [1.82, 2.24) is 9.97 Å². The summed E-state index contributed by atoms with van der Waals surface area (Å²) in [4.78, 5) is 9.74. The van der Waals surface area contributed by atoms with E-state index < -0.39 is 0 Å². The molecule has 1 aromatic heterocycles. The molecule has 1 heterocycles. The largest absolute Gasteiger partial charge is 0.384 e. The van der Waals surface area contributed by atoms with Crippen molar-refractivity contribution in [2.24, 2.45) is 0 Å². The van der Waals surface area contributed by atoms with Gasteiger partial charge in [0, 0.05) is 21.1 Å². The Hall–Kier alpha value is -1.07. The smallest absolute Gasteiger partial charge is 0.141 e. The molecule has 0 saturated carbocycles. The number of thioether (sulfide) groups is 1. The fraction of sp³-hybridized carbons (Fsp3) is 0.167. The maximum atomic E-state index is 5.68. The first-order valence-electron chi connectivity index (χ1n) is 5.12. The van der Waals surface area contributed by atoms with Gasteiger partial charge in [-0.1, -0.05) is 22.0 Å². The number of rotatable bonds is 3. The molecule has 0 aliphatic carbocycles.